The zero-order valence-corrected chi connectivity index (χ0v) is 22.1. The lowest BCUT2D eigenvalue weighted by atomic mass is 10.1. The molecule has 10 nitrogen and oxygen atoms in total. The highest BCUT2D eigenvalue weighted by atomic mass is 16.5. The molecule has 0 fully saturated rings. The Morgan fingerprint density at radius 3 is 1.68 bits per heavy atom. The minimum Gasteiger partial charge on any atom is -0.493 e. The lowest BCUT2D eigenvalue weighted by molar-refractivity contribution is 0.0966. The van der Waals surface area contributed by atoms with E-state index in [2.05, 4.69) is 21.3 Å². The summed E-state index contributed by atoms with van der Waals surface area (Å²) in [6.07, 6.45) is 0. The molecule has 0 saturated carbocycles. The van der Waals surface area contributed by atoms with Crippen LogP contribution in [0.15, 0.2) is 91.0 Å². The predicted molar refractivity (Wildman–Crippen MR) is 154 cm³/mol. The van der Waals surface area contributed by atoms with Crippen LogP contribution in [0, 0.1) is 0 Å². The minimum atomic E-state index is -0.765. The molecule has 0 unspecified atom stereocenters. The standard InChI is InChI=1S/C30H28N4O6/c1-38-25-16-21(17-26(39-2)27(25)40-3)28(35)34-30(37)33-24-11-7-10-23(18-24)32-29(36)31-22-14-12-20(13-15-22)19-8-5-4-6-9-19/h4-18H,1-3H3,(H2,31,32,36)(H2,33,34,35,37). The van der Waals surface area contributed by atoms with Crippen LogP contribution in [-0.2, 0) is 0 Å². The molecule has 0 spiro atoms. The highest BCUT2D eigenvalue weighted by Crippen LogP contribution is 2.38. The Morgan fingerprint density at radius 2 is 1.10 bits per heavy atom. The summed E-state index contributed by atoms with van der Waals surface area (Å²) in [6.45, 7) is 0. The summed E-state index contributed by atoms with van der Waals surface area (Å²) in [5.41, 5.74) is 3.67. The van der Waals surface area contributed by atoms with Crippen molar-refractivity contribution in [1.82, 2.24) is 5.32 Å². The van der Waals surface area contributed by atoms with Crippen molar-refractivity contribution in [2.24, 2.45) is 0 Å². The van der Waals surface area contributed by atoms with Crippen molar-refractivity contribution in [3.05, 3.63) is 96.6 Å². The van der Waals surface area contributed by atoms with Crippen molar-refractivity contribution in [3.8, 4) is 28.4 Å². The van der Waals surface area contributed by atoms with Gasteiger partial charge in [0.05, 0.1) is 21.3 Å². The van der Waals surface area contributed by atoms with E-state index >= 15 is 0 Å². The number of rotatable bonds is 8. The van der Waals surface area contributed by atoms with Gasteiger partial charge in [-0.15, -0.1) is 0 Å². The molecule has 40 heavy (non-hydrogen) atoms. The maximum Gasteiger partial charge on any atom is 0.326 e. The molecule has 204 valence electrons. The topological polar surface area (TPSA) is 127 Å². The number of methoxy groups -OCH3 is 3. The molecule has 0 aliphatic carbocycles. The molecule has 4 rings (SSSR count). The van der Waals surface area contributed by atoms with E-state index < -0.39 is 18.0 Å². The van der Waals surface area contributed by atoms with Gasteiger partial charge in [-0.1, -0.05) is 48.5 Å². The molecular formula is C30H28N4O6. The molecule has 4 aromatic carbocycles. The van der Waals surface area contributed by atoms with E-state index in [0.717, 1.165) is 11.1 Å². The van der Waals surface area contributed by atoms with Gasteiger partial charge >= 0.3 is 12.1 Å². The van der Waals surface area contributed by atoms with Gasteiger partial charge in [0.25, 0.3) is 5.91 Å². The van der Waals surface area contributed by atoms with Crippen molar-refractivity contribution in [2.45, 2.75) is 0 Å². The summed E-state index contributed by atoms with van der Waals surface area (Å²) in [5.74, 6) is 0.195. The van der Waals surface area contributed by atoms with Crippen molar-refractivity contribution >= 4 is 35.0 Å². The Hall–Kier alpha value is -5.51. The molecule has 0 aromatic heterocycles. The van der Waals surface area contributed by atoms with Crippen molar-refractivity contribution in [2.75, 3.05) is 37.3 Å². The largest absolute Gasteiger partial charge is 0.493 e. The SMILES string of the molecule is COc1cc(C(=O)NC(=O)Nc2cccc(NC(=O)Nc3ccc(-c4ccccc4)cc3)c2)cc(OC)c1OC. The third-order valence-electron chi connectivity index (χ3n) is 5.78. The number of anilines is 3. The minimum absolute atomic E-state index is 0.133. The number of carbonyl (C=O) groups excluding carboxylic acids is 3. The Labute approximate surface area is 231 Å². The summed E-state index contributed by atoms with van der Waals surface area (Å²) in [6, 6.07) is 25.5. The molecule has 5 amide bonds. The summed E-state index contributed by atoms with van der Waals surface area (Å²) in [4.78, 5) is 37.7. The number of amides is 5. The van der Waals surface area contributed by atoms with Crippen LogP contribution in [0.5, 0.6) is 17.2 Å². The van der Waals surface area contributed by atoms with Crippen LogP contribution in [0.4, 0.5) is 26.7 Å². The summed E-state index contributed by atoms with van der Waals surface area (Å²) >= 11 is 0. The summed E-state index contributed by atoms with van der Waals surface area (Å²) < 4.78 is 15.8. The van der Waals surface area contributed by atoms with Crippen LogP contribution in [0.25, 0.3) is 11.1 Å². The first-order valence-corrected chi connectivity index (χ1v) is 12.2. The third-order valence-corrected chi connectivity index (χ3v) is 5.78. The van der Waals surface area contributed by atoms with Gasteiger partial charge < -0.3 is 30.2 Å². The number of ether oxygens (including phenoxy) is 3. The Balaban J connectivity index is 1.34. The quantitative estimate of drug-likeness (QED) is 0.218. The monoisotopic (exact) mass is 540 g/mol. The lowest BCUT2D eigenvalue weighted by Gasteiger charge is -2.14. The van der Waals surface area contributed by atoms with E-state index in [1.807, 2.05) is 54.6 Å². The number of nitrogens with one attached hydrogen (secondary N) is 4. The Bertz CT molecular complexity index is 1480. The zero-order valence-electron chi connectivity index (χ0n) is 22.1. The first-order chi connectivity index (χ1) is 19.4. The fourth-order valence-corrected chi connectivity index (χ4v) is 3.89. The van der Waals surface area contributed by atoms with E-state index in [9.17, 15) is 14.4 Å². The maximum atomic E-state index is 12.7. The van der Waals surface area contributed by atoms with E-state index in [-0.39, 0.29) is 17.1 Å². The zero-order chi connectivity index (χ0) is 28.5. The molecule has 0 heterocycles. The maximum absolute atomic E-state index is 12.7. The Morgan fingerprint density at radius 1 is 0.550 bits per heavy atom. The van der Waals surface area contributed by atoms with Gasteiger partial charge in [-0.3, -0.25) is 10.1 Å². The second-order valence-electron chi connectivity index (χ2n) is 8.43. The highest BCUT2D eigenvalue weighted by molar-refractivity contribution is 6.08. The van der Waals surface area contributed by atoms with Crippen LogP contribution >= 0.6 is 0 Å². The average molecular weight is 541 g/mol. The van der Waals surface area contributed by atoms with Crippen LogP contribution in [-0.4, -0.2) is 39.3 Å². The third kappa shape index (κ3) is 6.87. The number of hydrogen-bond acceptors (Lipinski definition) is 6. The smallest absolute Gasteiger partial charge is 0.326 e. The average Bonchev–Trinajstić information content (AvgIpc) is 2.97. The number of urea groups is 2. The molecular weight excluding hydrogens is 512 g/mol. The van der Waals surface area contributed by atoms with E-state index in [1.54, 1.807) is 24.3 Å². The number of carbonyl (C=O) groups is 3. The molecule has 0 atom stereocenters. The van der Waals surface area contributed by atoms with Gasteiger partial charge in [-0.25, -0.2) is 9.59 Å². The Kier molecular flexibility index (Phi) is 8.83. The number of imide groups is 1. The fourth-order valence-electron chi connectivity index (χ4n) is 3.89. The fraction of sp³-hybridized carbons (Fsp3) is 0.100. The first-order valence-electron chi connectivity index (χ1n) is 12.2. The normalized spacial score (nSPS) is 10.2. The molecule has 0 bridgehead atoms. The molecule has 0 radical (unpaired) electrons. The molecule has 0 saturated heterocycles. The van der Waals surface area contributed by atoms with E-state index in [1.165, 1.54) is 33.5 Å². The second-order valence-corrected chi connectivity index (χ2v) is 8.43. The van der Waals surface area contributed by atoms with Gasteiger partial charge in [0.15, 0.2) is 11.5 Å². The second kappa shape index (κ2) is 12.8. The van der Waals surface area contributed by atoms with Gasteiger partial charge in [-0.2, -0.15) is 0 Å². The molecule has 4 aromatic rings. The van der Waals surface area contributed by atoms with Gasteiger partial charge in [0, 0.05) is 22.6 Å². The van der Waals surface area contributed by atoms with Crippen molar-refractivity contribution in [1.29, 1.82) is 0 Å². The van der Waals surface area contributed by atoms with Gasteiger partial charge in [0.1, 0.15) is 0 Å². The summed E-state index contributed by atoms with van der Waals surface area (Å²) in [5, 5.41) is 10.3. The van der Waals surface area contributed by atoms with Gasteiger partial charge in [-0.05, 0) is 53.6 Å². The number of benzene rings is 4. The first kappa shape index (κ1) is 27.5. The van der Waals surface area contributed by atoms with Crippen LogP contribution < -0.4 is 35.5 Å². The van der Waals surface area contributed by atoms with Crippen LogP contribution in [0.2, 0.25) is 0 Å². The highest BCUT2D eigenvalue weighted by Gasteiger charge is 2.18. The molecule has 4 N–H and O–H groups in total. The molecule has 10 heteroatoms. The van der Waals surface area contributed by atoms with E-state index in [4.69, 9.17) is 14.2 Å². The van der Waals surface area contributed by atoms with Gasteiger partial charge in [0.2, 0.25) is 5.75 Å². The lowest BCUT2D eigenvalue weighted by Crippen LogP contribution is -2.34. The molecule has 0 aliphatic rings. The van der Waals surface area contributed by atoms with Crippen molar-refractivity contribution < 1.29 is 28.6 Å². The molecule has 0 aliphatic heterocycles. The van der Waals surface area contributed by atoms with Crippen molar-refractivity contribution in [3.63, 3.8) is 0 Å². The summed E-state index contributed by atoms with van der Waals surface area (Å²) in [7, 11) is 4.30. The van der Waals surface area contributed by atoms with E-state index in [0.29, 0.717) is 22.8 Å². The van der Waals surface area contributed by atoms with Crippen LogP contribution in [0.1, 0.15) is 10.4 Å². The number of hydrogen-bond donors (Lipinski definition) is 4. The van der Waals surface area contributed by atoms with Crippen LogP contribution in [0.3, 0.4) is 0 Å². The predicted octanol–water partition coefficient (Wildman–Crippen LogP) is 5.99.